The third kappa shape index (κ3) is 1.16. The Morgan fingerprint density at radius 3 is 2.93 bits per heavy atom. The van der Waals surface area contributed by atoms with Crippen LogP contribution in [0.1, 0.15) is 10.4 Å². The van der Waals surface area contributed by atoms with Crippen molar-refractivity contribution in [2.75, 3.05) is 5.84 Å². The standard InChI is InChI=1S/C8H7N3O2S/c9-11-6-2-1-4(7(12)13)3-5(6)10-8(11)14/h1-3H,9H2,(H,10,14)(H,12,13). The topological polar surface area (TPSA) is 84.0 Å². The Morgan fingerprint density at radius 2 is 2.29 bits per heavy atom. The molecule has 0 spiro atoms. The lowest BCUT2D eigenvalue weighted by molar-refractivity contribution is 0.0697. The Morgan fingerprint density at radius 1 is 1.57 bits per heavy atom. The number of aromatic amines is 1. The molecule has 5 nitrogen and oxygen atoms in total. The van der Waals surface area contributed by atoms with Crippen molar-refractivity contribution in [3.05, 3.63) is 28.5 Å². The zero-order valence-corrected chi connectivity index (χ0v) is 7.84. The molecule has 0 aliphatic carbocycles. The van der Waals surface area contributed by atoms with E-state index in [1.54, 1.807) is 6.07 Å². The zero-order valence-electron chi connectivity index (χ0n) is 7.02. The number of carboxylic acids is 1. The molecule has 0 amide bonds. The van der Waals surface area contributed by atoms with E-state index in [1.165, 1.54) is 16.8 Å². The number of imidazole rings is 1. The van der Waals surface area contributed by atoms with Crippen LogP contribution < -0.4 is 5.84 Å². The third-order valence-electron chi connectivity index (χ3n) is 1.96. The van der Waals surface area contributed by atoms with E-state index in [0.717, 1.165) is 0 Å². The van der Waals surface area contributed by atoms with E-state index in [1.807, 2.05) is 0 Å². The van der Waals surface area contributed by atoms with Crippen LogP contribution in [0.2, 0.25) is 0 Å². The fourth-order valence-electron chi connectivity index (χ4n) is 1.26. The number of nitrogens with zero attached hydrogens (tertiary/aromatic N) is 1. The molecule has 6 heteroatoms. The number of carbonyl (C=O) groups is 1. The second kappa shape index (κ2) is 2.85. The largest absolute Gasteiger partial charge is 0.478 e. The minimum atomic E-state index is -0.976. The normalized spacial score (nSPS) is 10.6. The number of benzene rings is 1. The number of aromatic nitrogens is 2. The Hall–Kier alpha value is -1.82. The van der Waals surface area contributed by atoms with Crippen LogP contribution >= 0.6 is 12.2 Å². The Balaban J connectivity index is 2.80. The highest BCUT2D eigenvalue weighted by atomic mass is 32.1. The minimum absolute atomic E-state index is 0.203. The molecule has 0 saturated carbocycles. The molecule has 0 saturated heterocycles. The van der Waals surface area contributed by atoms with E-state index in [9.17, 15) is 4.79 Å². The van der Waals surface area contributed by atoms with Crippen LogP contribution in [0.15, 0.2) is 18.2 Å². The van der Waals surface area contributed by atoms with Crippen molar-refractivity contribution in [1.29, 1.82) is 0 Å². The first-order valence-electron chi connectivity index (χ1n) is 3.83. The molecule has 0 aliphatic rings. The predicted molar refractivity (Wildman–Crippen MR) is 54.2 cm³/mol. The lowest BCUT2D eigenvalue weighted by atomic mass is 10.2. The number of nitrogen functional groups attached to an aromatic ring is 1. The number of rotatable bonds is 1. The summed E-state index contributed by atoms with van der Waals surface area (Å²) in [6.07, 6.45) is 0. The minimum Gasteiger partial charge on any atom is -0.478 e. The van der Waals surface area contributed by atoms with Gasteiger partial charge in [-0.15, -0.1) is 0 Å². The summed E-state index contributed by atoms with van der Waals surface area (Å²) in [5.41, 5.74) is 1.51. The summed E-state index contributed by atoms with van der Waals surface area (Å²) in [6, 6.07) is 4.60. The summed E-state index contributed by atoms with van der Waals surface area (Å²) in [6.45, 7) is 0. The first-order valence-corrected chi connectivity index (χ1v) is 4.23. The molecular weight excluding hydrogens is 202 g/mol. The molecule has 1 heterocycles. The van der Waals surface area contributed by atoms with Gasteiger partial charge in [-0.25, -0.2) is 9.47 Å². The SMILES string of the molecule is Nn1c(=S)[nH]c2cc(C(=O)O)ccc21. The van der Waals surface area contributed by atoms with Crippen molar-refractivity contribution in [2.45, 2.75) is 0 Å². The van der Waals surface area contributed by atoms with Crippen LogP contribution in [-0.2, 0) is 0 Å². The number of hydrogen-bond donors (Lipinski definition) is 3. The Bertz CT molecular complexity index is 569. The van der Waals surface area contributed by atoms with E-state index >= 15 is 0 Å². The van der Waals surface area contributed by atoms with Gasteiger partial charge in [-0.3, -0.25) is 0 Å². The van der Waals surface area contributed by atoms with Gasteiger partial charge in [-0.1, -0.05) is 0 Å². The van der Waals surface area contributed by atoms with Crippen molar-refractivity contribution < 1.29 is 9.90 Å². The molecule has 0 atom stereocenters. The second-order valence-electron chi connectivity index (χ2n) is 2.84. The molecule has 2 aromatic rings. The van der Waals surface area contributed by atoms with Gasteiger partial charge in [0, 0.05) is 0 Å². The van der Waals surface area contributed by atoms with Crippen molar-refractivity contribution in [3.8, 4) is 0 Å². The molecule has 0 fully saturated rings. The molecule has 2 rings (SSSR count). The highest BCUT2D eigenvalue weighted by molar-refractivity contribution is 7.71. The number of aromatic carboxylic acids is 1. The van der Waals surface area contributed by atoms with E-state index in [0.29, 0.717) is 15.8 Å². The lowest BCUT2D eigenvalue weighted by Crippen LogP contribution is -2.07. The summed E-state index contributed by atoms with van der Waals surface area (Å²) >= 11 is 4.90. The van der Waals surface area contributed by atoms with Gasteiger partial charge in [0.15, 0.2) is 4.77 Å². The average molecular weight is 209 g/mol. The maximum Gasteiger partial charge on any atom is 0.335 e. The van der Waals surface area contributed by atoms with Gasteiger partial charge in [0.25, 0.3) is 0 Å². The van der Waals surface area contributed by atoms with Crippen LogP contribution in [0.4, 0.5) is 0 Å². The molecule has 0 radical (unpaired) electrons. The first-order chi connectivity index (χ1) is 6.59. The van der Waals surface area contributed by atoms with Crippen LogP contribution in [0.3, 0.4) is 0 Å². The predicted octanol–water partition coefficient (Wildman–Crippen LogP) is 1.11. The monoisotopic (exact) mass is 209 g/mol. The van der Waals surface area contributed by atoms with E-state index < -0.39 is 5.97 Å². The average Bonchev–Trinajstić information content (AvgIpc) is 2.42. The highest BCUT2D eigenvalue weighted by Gasteiger charge is 2.06. The van der Waals surface area contributed by atoms with Gasteiger partial charge in [0.1, 0.15) is 0 Å². The van der Waals surface area contributed by atoms with Crippen molar-refractivity contribution in [2.24, 2.45) is 0 Å². The Kier molecular flexibility index (Phi) is 1.78. The van der Waals surface area contributed by atoms with Gasteiger partial charge in [0.2, 0.25) is 0 Å². The number of fused-ring (bicyclic) bond motifs is 1. The van der Waals surface area contributed by atoms with Gasteiger partial charge in [0.05, 0.1) is 16.6 Å². The third-order valence-corrected chi connectivity index (χ3v) is 2.26. The maximum atomic E-state index is 10.7. The zero-order chi connectivity index (χ0) is 10.3. The van der Waals surface area contributed by atoms with Gasteiger partial charge in [-0.2, -0.15) is 0 Å². The second-order valence-corrected chi connectivity index (χ2v) is 3.22. The summed E-state index contributed by atoms with van der Waals surface area (Å²) in [5, 5.41) is 8.74. The summed E-state index contributed by atoms with van der Waals surface area (Å²) in [4.78, 5) is 13.5. The molecule has 0 aliphatic heterocycles. The first kappa shape index (κ1) is 8.76. The summed E-state index contributed by atoms with van der Waals surface area (Å²) in [7, 11) is 0. The number of carboxylic acid groups (broad SMARTS) is 1. The fourth-order valence-corrected chi connectivity index (χ4v) is 1.47. The van der Waals surface area contributed by atoms with Crippen molar-refractivity contribution in [1.82, 2.24) is 9.66 Å². The van der Waals surface area contributed by atoms with Gasteiger partial charge in [-0.05, 0) is 30.4 Å². The lowest BCUT2D eigenvalue weighted by Gasteiger charge is -1.95. The van der Waals surface area contributed by atoms with Gasteiger partial charge >= 0.3 is 5.97 Å². The Labute approximate surface area is 83.7 Å². The maximum absolute atomic E-state index is 10.7. The summed E-state index contributed by atoms with van der Waals surface area (Å²) < 4.78 is 1.67. The highest BCUT2D eigenvalue weighted by Crippen LogP contribution is 2.13. The number of nitrogens with two attached hydrogens (primary N) is 1. The number of H-pyrrole nitrogens is 1. The van der Waals surface area contributed by atoms with Crippen molar-refractivity contribution in [3.63, 3.8) is 0 Å². The molecule has 72 valence electrons. The fraction of sp³-hybridized carbons (Fsp3) is 0. The molecule has 0 bridgehead atoms. The van der Waals surface area contributed by atoms with E-state index in [2.05, 4.69) is 4.98 Å². The molecule has 1 aromatic carbocycles. The molecule has 4 N–H and O–H groups in total. The van der Waals surface area contributed by atoms with E-state index in [-0.39, 0.29) is 5.56 Å². The molecule has 0 unspecified atom stereocenters. The van der Waals surface area contributed by atoms with E-state index in [4.69, 9.17) is 23.2 Å². The van der Waals surface area contributed by atoms with Crippen LogP contribution in [0.25, 0.3) is 11.0 Å². The quantitative estimate of drug-likeness (QED) is 0.485. The smallest absolute Gasteiger partial charge is 0.335 e. The number of nitrogens with one attached hydrogen (secondary N) is 1. The molecule has 1 aromatic heterocycles. The van der Waals surface area contributed by atoms with Crippen molar-refractivity contribution >= 4 is 29.2 Å². The number of hydrogen-bond acceptors (Lipinski definition) is 3. The van der Waals surface area contributed by atoms with Crippen LogP contribution in [0.5, 0.6) is 0 Å². The van der Waals surface area contributed by atoms with Crippen LogP contribution in [-0.4, -0.2) is 20.7 Å². The molecule has 14 heavy (non-hydrogen) atoms. The summed E-state index contributed by atoms with van der Waals surface area (Å²) in [5.74, 6) is 4.62. The molecular formula is C8H7N3O2S. The van der Waals surface area contributed by atoms with Gasteiger partial charge < -0.3 is 15.9 Å². The van der Waals surface area contributed by atoms with Crippen LogP contribution in [0, 0.1) is 4.77 Å².